The van der Waals surface area contributed by atoms with Gasteiger partial charge < -0.3 is 19.9 Å². The molecule has 2 aromatic rings. The lowest BCUT2D eigenvalue weighted by Crippen LogP contribution is -2.54. The minimum absolute atomic E-state index is 0.00780. The summed E-state index contributed by atoms with van der Waals surface area (Å²) in [5.74, 6) is 0.868. The molecule has 1 aliphatic carbocycles. The molecule has 1 saturated carbocycles. The minimum atomic E-state index is -0.347. The van der Waals surface area contributed by atoms with Crippen LogP contribution in [-0.4, -0.2) is 47.4 Å². The van der Waals surface area contributed by atoms with Gasteiger partial charge in [-0.15, -0.1) is 0 Å². The van der Waals surface area contributed by atoms with Crippen molar-refractivity contribution in [3.63, 3.8) is 0 Å². The van der Waals surface area contributed by atoms with E-state index in [1.807, 2.05) is 41.2 Å². The van der Waals surface area contributed by atoms with E-state index in [0.29, 0.717) is 19.8 Å². The van der Waals surface area contributed by atoms with Crippen molar-refractivity contribution < 1.29 is 14.6 Å². The summed E-state index contributed by atoms with van der Waals surface area (Å²) in [6.45, 7) is 1.79. The molecule has 3 atom stereocenters. The average molecular weight is 317 g/mol. The van der Waals surface area contributed by atoms with Gasteiger partial charge in [-0.1, -0.05) is 18.2 Å². The molecule has 0 bridgehead atoms. The third-order valence-electron chi connectivity index (χ3n) is 4.20. The summed E-state index contributed by atoms with van der Waals surface area (Å²) < 4.78 is 12.6. The van der Waals surface area contributed by atoms with E-state index in [2.05, 4.69) is 10.4 Å². The predicted octanol–water partition coefficient (Wildman–Crippen LogP) is 1.37. The number of aromatic nitrogens is 2. The van der Waals surface area contributed by atoms with Crippen LogP contribution in [0, 0.1) is 0 Å². The number of aliphatic hydroxyl groups excluding tert-OH is 1. The van der Waals surface area contributed by atoms with Gasteiger partial charge in [-0.3, -0.25) is 4.68 Å². The molecular weight excluding hydrogens is 294 g/mol. The maximum absolute atomic E-state index is 10.0. The Hall–Kier alpha value is -1.89. The smallest absolute Gasteiger partial charge is 0.123 e. The highest BCUT2D eigenvalue weighted by Crippen LogP contribution is 2.32. The van der Waals surface area contributed by atoms with Crippen LogP contribution < -0.4 is 10.1 Å². The largest absolute Gasteiger partial charge is 0.491 e. The maximum atomic E-state index is 10.0. The van der Waals surface area contributed by atoms with Crippen LogP contribution in [0.5, 0.6) is 5.75 Å². The van der Waals surface area contributed by atoms with E-state index in [-0.39, 0.29) is 18.2 Å². The highest BCUT2D eigenvalue weighted by atomic mass is 16.5. The fraction of sp³-hybridized carbons (Fsp3) is 0.471. The molecule has 1 aromatic carbocycles. The minimum Gasteiger partial charge on any atom is -0.491 e. The number of para-hydroxylation sites is 1. The van der Waals surface area contributed by atoms with E-state index in [1.54, 1.807) is 13.3 Å². The van der Waals surface area contributed by atoms with Gasteiger partial charge in [0.1, 0.15) is 12.4 Å². The summed E-state index contributed by atoms with van der Waals surface area (Å²) in [6.07, 6.45) is 4.02. The van der Waals surface area contributed by atoms with Crippen molar-refractivity contribution in [2.75, 3.05) is 20.3 Å². The Balaban J connectivity index is 1.58. The third kappa shape index (κ3) is 3.72. The number of benzene rings is 1. The van der Waals surface area contributed by atoms with Gasteiger partial charge in [0.15, 0.2) is 0 Å². The molecule has 1 aromatic heterocycles. The standard InChI is InChI=1S/C17H23N3O3/c1-22-9-10-23-16-6-3-2-5-13(16)12-18-14-11-15(21)17(14)20-8-4-7-19-20/h2-8,14-15,17-18,21H,9-12H2,1H3/t14-,15+,17+/m0/s1. The molecule has 1 heterocycles. The maximum Gasteiger partial charge on any atom is 0.123 e. The Bertz CT molecular complexity index is 603. The zero-order valence-electron chi connectivity index (χ0n) is 13.3. The Morgan fingerprint density at radius 2 is 2.17 bits per heavy atom. The van der Waals surface area contributed by atoms with Crippen molar-refractivity contribution in [3.8, 4) is 5.75 Å². The zero-order valence-corrected chi connectivity index (χ0v) is 13.3. The molecule has 0 radical (unpaired) electrons. The van der Waals surface area contributed by atoms with Crippen molar-refractivity contribution in [1.29, 1.82) is 0 Å². The highest BCUT2D eigenvalue weighted by molar-refractivity contribution is 5.33. The van der Waals surface area contributed by atoms with Crippen LogP contribution in [0.4, 0.5) is 0 Å². The Kier molecular flexibility index (Phi) is 5.27. The number of nitrogens with one attached hydrogen (secondary N) is 1. The van der Waals surface area contributed by atoms with Gasteiger partial charge in [-0.05, 0) is 18.6 Å². The van der Waals surface area contributed by atoms with Crippen molar-refractivity contribution in [3.05, 3.63) is 48.3 Å². The number of rotatable bonds is 8. The fourth-order valence-corrected chi connectivity index (χ4v) is 2.90. The van der Waals surface area contributed by atoms with Crippen LogP contribution in [0.3, 0.4) is 0 Å². The second kappa shape index (κ2) is 7.59. The molecule has 0 unspecified atom stereocenters. The first-order chi connectivity index (χ1) is 11.3. The van der Waals surface area contributed by atoms with Gasteiger partial charge in [-0.25, -0.2) is 0 Å². The highest BCUT2D eigenvalue weighted by Gasteiger charge is 2.41. The molecule has 6 nitrogen and oxygen atoms in total. The first-order valence-corrected chi connectivity index (χ1v) is 7.90. The van der Waals surface area contributed by atoms with Crippen LogP contribution in [-0.2, 0) is 11.3 Å². The summed E-state index contributed by atoms with van der Waals surface area (Å²) in [5, 5.41) is 17.7. The third-order valence-corrected chi connectivity index (χ3v) is 4.20. The summed E-state index contributed by atoms with van der Waals surface area (Å²) in [6, 6.07) is 10.1. The van der Waals surface area contributed by atoms with Crippen LogP contribution >= 0.6 is 0 Å². The van der Waals surface area contributed by atoms with Crippen LogP contribution in [0.25, 0.3) is 0 Å². The molecule has 6 heteroatoms. The van der Waals surface area contributed by atoms with Crippen LogP contribution in [0.1, 0.15) is 18.0 Å². The second-order valence-electron chi connectivity index (χ2n) is 5.72. The Morgan fingerprint density at radius 1 is 1.30 bits per heavy atom. The number of ether oxygens (including phenoxy) is 2. The number of nitrogens with zero attached hydrogens (tertiary/aromatic N) is 2. The lowest BCUT2D eigenvalue weighted by Gasteiger charge is -2.42. The molecule has 0 saturated heterocycles. The predicted molar refractivity (Wildman–Crippen MR) is 86.3 cm³/mol. The number of aliphatic hydroxyl groups is 1. The van der Waals surface area contributed by atoms with Crippen molar-refractivity contribution in [2.24, 2.45) is 0 Å². The SMILES string of the molecule is COCCOc1ccccc1CN[C@H]1C[C@@H](O)[C@@H]1n1cccn1. The van der Waals surface area contributed by atoms with Gasteiger partial charge in [0.25, 0.3) is 0 Å². The molecule has 2 N–H and O–H groups in total. The van der Waals surface area contributed by atoms with Crippen LogP contribution in [0.2, 0.25) is 0 Å². The molecule has 0 aliphatic heterocycles. The Labute approximate surface area is 136 Å². The first-order valence-electron chi connectivity index (χ1n) is 7.90. The second-order valence-corrected chi connectivity index (χ2v) is 5.72. The van der Waals surface area contributed by atoms with Gasteiger partial charge in [0, 0.05) is 37.7 Å². The topological polar surface area (TPSA) is 68.5 Å². The molecule has 3 rings (SSSR count). The molecule has 0 amide bonds. The molecule has 124 valence electrons. The van der Waals surface area contributed by atoms with E-state index in [9.17, 15) is 5.11 Å². The van der Waals surface area contributed by atoms with E-state index in [4.69, 9.17) is 9.47 Å². The number of hydrogen-bond acceptors (Lipinski definition) is 5. The van der Waals surface area contributed by atoms with E-state index < -0.39 is 0 Å². The molecule has 1 fully saturated rings. The van der Waals surface area contributed by atoms with E-state index in [0.717, 1.165) is 17.7 Å². The van der Waals surface area contributed by atoms with E-state index >= 15 is 0 Å². The normalized spacial score (nSPS) is 23.5. The van der Waals surface area contributed by atoms with Crippen molar-refractivity contribution in [2.45, 2.75) is 31.2 Å². The monoisotopic (exact) mass is 317 g/mol. The number of methoxy groups -OCH3 is 1. The summed E-state index contributed by atoms with van der Waals surface area (Å²) in [4.78, 5) is 0. The van der Waals surface area contributed by atoms with E-state index in [1.165, 1.54) is 0 Å². The van der Waals surface area contributed by atoms with Gasteiger partial charge in [-0.2, -0.15) is 5.10 Å². The summed E-state index contributed by atoms with van der Waals surface area (Å²) in [5.41, 5.74) is 1.10. The lowest BCUT2D eigenvalue weighted by molar-refractivity contribution is -0.00828. The average Bonchev–Trinajstić information content (AvgIpc) is 3.06. The van der Waals surface area contributed by atoms with Gasteiger partial charge >= 0.3 is 0 Å². The summed E-state index contributed by atoms with van der Waals surface area (Å²) >= 11 is 0. The van der Waals surface area contributed by atoms with Gasteiger partial charge in [0.05, 0.1) is 18.8 Å². The molecular formula is C17H23N3O3. The first kappa shape index (κ1) is 16.0. The van der Waals surface area contributed by atoms with Crippen LogP contribution in [0.15, 0.2) is 42.7 Å². The fourth-order valence-electron chi connectivity index (χ4n) is 2.90. The van der Waals surface area contributed by atoms with Crippen molar-refractivity contribution >= 4 is 0 Å². The Morgan fingerprint density at radius 3 is 2.91 bits per heavy atom. The molecule has 1 aliphatic rings. The molecule has 0 spiro atoms. The zero-order chi connectivity index (χ0) is 16.1. The van der Waals surface area contributed by atoms with Gasteiger partial charge in [0.2, 0.25) is 0 Å². The molecule has 23 heavy (non-hydrogen) atoms. The lowest BCUT2D eigenvalue weighted by atomic mass is 9.83. The summed E-state index contributed by atoms with van der Waals surface area (Å²) in [7, 11) is 1.66. The quantitative estimate of drug-likeness (QED) is 0.720. The number of hydrogen-bond donors (Lipinski definition) is 2. The van der Waals surface area contributed by atoms with Crippen molar-refractivity contribution in [1.82, 2.24) is 15.1 Å².